The zero-order valence-corrected chi connectivity index (χ0v) is 17.7. The van der Waals surface area contributed by atoms with E-state index in [2.05, 4.69) is 10.6 Å². The van der Waals surface area contributed by atoms with E-state index in [0.29, 0.717) is 44.2 Å². The molecule has 0 fully saturated rings. The van der Waals surface area contributed by atoms with Crippen molar-refractivity contribution in [3.63, 3.8) is 0 Å². The molecule has 0 radical (unpaired) electrons. The van der Waals surface area contributed by atoms with Crippen molar-refractivity contribution in [3.05, 3.63) is 59.2 Å². The molecule has 1 heterocycles. The Hall–Kier alpha value is -3.22. The van der Waals surface area contributed by atoms with E-state index in [1.54, 1.807) is 17.0 Å². The van der Waals surface area contributed by atoms with E-state index < -0.39 is 0 Å². The highest BCUT2D eigenvalue weighted by Gasteiger charge is 2.16. The predicted molar refractivity (Wildman–Crippen MR) is 115 cm³/mol. The van der Waals surface area contributed by atoms with Crippen molar-refractivity contribution in [1.82, 2.24) is 15.5 Å². The van der Waals surface area contributed by atoms with E-state index in [0.717, 1.165) is 16.9 Å². The fraction of sp³-hybridized carbons (Fsp3) is 0.391. The van der Waals surface area contributed by atoms with Crippen LogP contribution in [0.1, 0.15) is 48.3 Å². The second-order valence-corrected chi connectivity index (χ2v) is 7.13. The first-order valence-corrected chi connectivity index (χ1v) is 10.3. The van der Waals surface area contributed by atoms with Gasteiger partial charge in [0.05, 0.1) is 6.04 Å². The van der Waals surface area contributed by atoms with Crippen LogP contribution in [0.3, 0.4) is 0 Å². The first-order valence-electron chi connectivity index (χ1n) is 10.3. The van der Waals surface area contributed by atoms with Crippen molar-refractivity contribution in [1.29, 1.82) is 0 Å². The van der Waals surface area contributed by atoms with Crippen LogP contribution in [-0.4, -0.2) is 43.1 Å². The number of carbonyl (C=O) groups excluding carboxylic acids is 2. The van der Waals surface area contributed by atoms with Crippen molar-refractivity contribution < 1.29 is 19.1 Å². The minimum Gasteiger partial charge on any atom is -0.486 e. The molecular weight excluding hydrogens is 382 g/mol. The zero-order valence-electron chi connectivity index (χ0n) is 17.7. The second kappa shape index (κ2) is 10.0. The standard InChI is InChI=1S/C23H29N3O4/c1-4-26(5-2)22(27)18-8-6-17(7-9-18)15-24-23(28)25-16(3)19-10-11-20-21(14-19)30-13-12-29-20/h6-11,14,16H,4-5,12-13,15H2,1-3H3,(H2,24,25,28). The molecule has 1 atom stereocenters. The maximum Gasteiger partial charge on any atom is 0.315 e. The molecule has 3 amide bonds. The molecule has 0 saturated heterocycles. The molecule has 1 aliphatic heterocycles. The first kappa shape index (κ1) is 21.5. The molecule has 2 aromatic rings. The van der Waals surface area contributed by atoms with E-state index in [4.69, 9.17) is 9.47 Å². The molecule has 2 N–H and O–H groups in total. The number of ether oxygens (including phenoxy) is 2. The smallest absolute Gasteiger partial charge is 0.315 e. The summed E-state index contributed by atoms with van der Waals surface area (Å²) in [6.45, 7) is 8.65. The molecule has 1 aliphatic rings. The molecule has 0 aromatic heterocycles. The quantitative estimate of drug-likeness (QED) is 0.731. The second-order valence-electron chi connectivity index (χ2n) is 7.13. The monoisotopic (exact) mass is 411 g/mol. The number of nitrogens with zero attached hydrogens (tertiary/aromatic N) is 1. The molecule has 1 unspecified atom stereocenters. The Balaban J connectivity index is 1.51. The van der Waals surface area contributed by atoms with E-state index in [9.17, 15) is 9.59 Å². The third-order valence-electron chi connectivity index (χ3n) is 5.12. The van der Waals surface area contributed by atoms with Gasteiger partial charge >= 0.3 is 6.03 Å². The minimum atomic E-state index is -0.263. The summed E-state index contributed by atoms with van der Waals surface area (Å²) in [6.07, 6.45) is 0. The molecule has 0 aliphatic carbocycles. The van der Waals surface area contributed by atoms with Crippen molar-refractivity contribution in [2.24, 2.45) is 0 Å². The SMILES string of the molecule is CCN(CC)C(=O)c1ccc(CNC(=O)NC(C)c2ccc3c(c2)OCCO3)cc1. The lowest BCUT2D eigenvalue weighted by Gasteiger charge is -2.21. The fourth-order valence-electron chi connectivity index (χ4n) is 3.30. The summed E-state index contributed by atoms with van der Waals surface area (Å²) in [5.74, 6) is 1.45. The molecule has 0 saturated carbocycles. The van der Waals surface area contributed by atoms with Crippen LogP contribution in [0.25, 0.3) is 0 Å². The van der Waals surface area contributed by atoms with E-state index in [1.165, 1.54) is 0 Å². The van der Waals surface area contributed by atoms with Crippen LogP contribution in [0, 0.1) is 0 Å². The lowest BCUT2D eigenvalue weighted by molar-refractivity contribution is 0.0773. The maximum absolute atomic E-state index is 12.4. The first-order chi connectivity index (χ1) is 14.5. The van der Waals surface area contributed by atoms with Gasteiger partial charge in [-0.05, 0) is 56.2 Å². The number of fused-ring (bicyclic) bond motifs is 1. The summed E-state index contributed by atoms with van der Waals surface area (Å²) < 4.78 is 11.1. The van der Waals surface area contributed by atoms with Crippen molar-refractivity contribution >= 4 is 11.9 Å². The van der Waals surface area contributed by atoms with Crippen molar-refractivity contribution in [2.45, 2.75) is 33.4 Å². The number of amides is 3. The Bertz CT molecular complexity index is 879. The van der Waals surface area contributed by atoms with Gasteiger partial charge in [0.2, 0.25) is 0 Å². The van der Waals surface area contributed by atoms with Gasteiger partial charge in [-0.2, -0.15) is 0 Å². The van der Waals surface area contributed by atoms with Gasteiger partial charge in [-0.25, -0.2) is 4.79 Å². The van der Waals surface area contributed by atoms with E-state index in [1.807, 2.05) is 51.1 Å². The van der Waals surface area contributed by atoms with Crippen molar-refractivity contribution in [3.8, 4) is 11.5 Å². The lowest BCUT2D eigenvalue weighted by Crippen LogP contribution is -2.36. The fourth-order valence-corrected chi connectivity index (χ4v) is 3.30. The summed E-state index contributed by atoms with van der Waals surface area (Å²) in [4.78, 5) is 26.4. The van der Waals surface area contributed by atoms with Crippen LogP contribution in [0.4, 0.5) is 4.79 Å². The van der Waals surface area contributed by atoms with Gasteiger partial charge in [0.25, 0.3) is 5.91 Å². The largest absolute Gasteiger partial charge is 0.486 e. The summed E-state index contributed by atoms with van der Waals surface area (Å²) in [5.41, 5.74) is 2.51. The van der Waals surface area contributed by atoms with Crippen LogP contribution < -0.4 is 20.1 Å². The zero-order chi connectivity index (χ0) is 21.5. The molecule has 0 spiro atoms. The third kappa shape index (κ3) is 5.23. The van der Waals surface area contributed by atoms with Gasteiger partial charge in [-0.15, -0.1) is 0 Å². The molecule has 30 heavy (non-hydrogen) atoms. The summed E-state index contributed by atoms with van der Waals surface area (Å²) in [7, 11) is 0. The normalized spacial score (nSPS) is 13.3. The van der Waals surface area contributed by atoms with Crippen LogP contribution in [0.15, 0.2) is 42.5 Å². The third-order valence-corrected chi connectivity index (χ3v) is 5.12. The van der Waals surface area contributed by atoms with Gasteiger partial charge in [0, 0.05) is 25.2 Å². The van der Waals surface area contributed by atoms with Crippen LogP contribution in [0.2, 0.25) is 0 Å². The van der Waals surface area contributed by atoms with E-state index >= 15 is 0 Å². The molecule has 7 nitrogen and oxygen atoms in total. The Labute approximate surface area is 177 Å². The Kier molecular flexibility index (Phi) is 7.17. The van der Waals surface area contributed by atoms with Gasteiger partial charge in [-0.3, -0.25) is 4.79 Å². The highest BCUT2D eigenvalue weighted by molar-refractivity contribution is 5.94. The predicted octanol–water partition coefficient (Wildman–Crippen LogP) is 3.50. The summed E-state index contributed by atoms with van der Waals surface area (Å²) >= 11 is 0. The topological polar surface area (TPSA) is 79.9 Å². The lowest BCUT2D eigenvalue weighted by atomic mass is 10.1. The average molecular weight is 412 g/mol. The number of rotatable bonds is 7. The molecule has 3 rings (SSSR count). The molecule has 0 bridgehead atoms. The number of carbonyl (C=O) groups is 2. The number of hydrogen-bond acceptors (Lipinski definition) is 4. The van der Waals surface area contributed by atoms with Crippen LogP contribution in [-0.2, 0) is 6.54 Å². The van der Waals surface area contributed by atoms with Crippen LogP contribution in [0.5, 0.6) is 11.5 Å². The molecule has 2 aromatic carbocycles. The van der Waals surface area contributed by atoms with Gasteiger partial charge in [0.15, 0.2) is 11.5 Å². The number of nitrogens with one attached hydrogen (secondary N) is 2. The average Bonchev–Trinajstić information content (AvgIpc) is 2.78. The Morgan fingerprint density at radius 3 is 2.33 bits per heavy atom. The maximum atomic E-state index is 12.4. The number of benzene rings is 2. The number of hydrogen-bond donors (Lipinski definition) is 2. The minimum absolute atomic E-state index is 0.0190. The summed E-state index contributed by atoms with van der Waals surface area (Å²) in [5, 5.41) is 5.78. The molecule has 160 valence electrons. The molecule has 7 heteroatoms. The van der Waals surface area contributed by atoms with Gasteiger partial charge in [0.1, 0.15) is 13.2 Å². The summed E-state index contributed by atoms with van der Waals surface area (Å²) in [6, 6.07) is 12.6. The van der Waals surface area contributed by atoms with Gasteiger partial charge in [-0.1, -0.05) is 18.2 Å². The van der Waals surface area contributed by atoms with Gasteiger partial charge < -0.3 is 25.0 Å². The Morgan fingerprint density at radius 1 is 1.00 bits per heavy atom. The van der Waals surface area contributed by atoms with Crippen LogP contribution >= 0.6 is 0 Å². The van der Waals surface area contributed by atoms with Crippen molar-refractivity contribution in [2.75, 3.05) is 26.3 Å². The highest BCUT2D eigenvalue weighted by Crippen LogP contribution is 2.32. The highest BCUT2D eigenvalue weighted by atomic mass is 16.6. The molecular formula is C23H29N3O4. The Morgan fingerprint density at radius 2 is 1.67 bits per heavy atom. The number of urea groups is 1. The van der Waals surface area contributed by atoms with E-state index in [-0.39, 0.29) is 18.0 Å².